The second-order valence-corrected chi connectivity index (χ2v) is 13.5. The quantitative estimate of drug-likeness (QED) is 0.0541. The third-order valence-electron chi connectivity index (χ3n) is 9.03. The van der Waals surface area contributed by atoms with Gasteiger partial charge in [0.05, 0.1) is 0 Å². The van der Waals surface area contributed by atoms with Crippen LogP contribution in [0.5, 0.6) is 0 Å². The van der Waals surface area contributed by atoms with Gasteiger partial charge in [-0.2, -0.15) is 0 Å². The van der Waals surface area contributed by atoms with Gasteiger partial charge in [-0.25, -0.2) is 24.0 Å². The fourth-order valence-corrected chi connectivity index (χ4v) is 6.04. The molecule has 1 saturated heterocycles. The van der Waals surface area contributed by atoms with E-state index in [2.05, 4.69) is 0 Å². The van der Waals surface area contributed by atoms with E-state index in [9.17, 15) is 24.0 Å². The predicted molar refractivity (Wildman–Crippen MR) is 233 cm³/mol. The summed E-state index contributed by atoms with van der Waals surface area (Å²) in [5, 5.41) is 0. The van der Waals surface area contributed by atoms with Crippen molar-refractivity contribution in [2.45, 2.75) is 30.7 Å². The molecule has 0 bridgehead atoms. The Morgan fingerprint density at radius 2 is 0.661 bits per heavy atom. The van der Waals surface area contributed by atoms with Gasteiger partial charge in [0.15, 0.2) is 12.2 Å². The summed E-state index contributed by atoms with van der Waals surface area (Å²) in [7, 11) is 0. The molecule has 5 atom stereocenters. The Labute approximate surface area is 358 Å². The van der Waals surface area contributed by atoms with Gasteiger partial charge in [-0.3, -0.25) is 0 Å². The molecule has 1 aliphatic rings. The standard InChI is InChI=1S/C51H42O11/c52-43(31-26-37-16-6-1-7-17-37)57-36-42-48(59-44(53)32-27-38-18-8-2-9-19-38)49(60-45(54)33-28-39-20-10-3-11-21-39)50(61-46(55)34-29-40-22-12-4-13-23-40)51(58-42)62-47(56)35-30-41-24-14-5-15-25-41/h1-35,42,48-51H,36H2/b31-26+,32-27+,33-28+,34-29+,35-30+/t42-,48+,49+,50-,51?/m1/s1. The van der Waals surface area contributed by atoms with Crippen LogP contribution in [0.1, 0.15) is 27.8 Å². The Bertz CT molecular complexity index is 2390. The molecule has 6 rings (SSSR count). The van der Waals surface area contributed by atoms with Crippen LogP contribution < -0.4 is 0 Å². The van der Waals surface area contributed by atoms with E-state index < -0.39 is 67.2 Å². The average Bonchev–Trinajstić information content (AvgIpc) is 3.31. The van der Waals surface area contributed by atoms with Gasteiger partial charge in [0, 0.05) is 30.4 Å². The first-order valence-electron chi connectivity index (χ1n) is 19.6. The third-order valence-corrected chi connectivity index (χ3v) is 9.03. The molecule has 0 N–H and O–H groups in total. The van der Waals surface area contributed by atoms with Crippen molar-refractivity contribution in [2.75, 3.05) is 6.61 Å². The van der Waals surface area contributed by atoms with E-state index in [0.717, 1.165) is 29.9 Å². The number of hydrogen-bond acceptors (Lipinski definition) is 11. The van der Waals surface area contributed by atoms with Crippen molar-refractivity contribution < 1.29 is 52.4 Å². The van der Waals surface area contributed by atoms with Gasteiger partial charge >= 0.3 is 29.8 Å². The van der Waals surface area contributed by atoms with Gasteiger partial charge in [0.25, 0.3) is 0 Å². The van der Waals surface area contributed by atoms with E-state index >= 15 is 0 Å². The van der Waals surface area contributed by atoms with Crippen LogP contribution in [-0.4, -0.2) is 67.2 Å². The summed E-state index contributed by atoms with van der Waals surface area (Å²) >= 11 is 0. The van der Waals surface area contributed by atoms with Gasteiger partial charge in [0.2, 0.25) is 12.4 Å². The molecule has 0 saturated carbocycles. The fraction of sp³-hybridized carbons (Fsp3) is 0.118. The van der Waals surface area contributed by atoms with Crippen LogP contribution in [0.3, 0.4) is 0 Å². The molecular formula is C51H42O11. The summed E-state index contributed by atoms with van der Waals surface area (Å²) in [6.07, 6.45) is 5.05. The summed E-state index contributed by atoms with van der Waals surface area (Å²) in [6.45, 7) is -0.589. The maximum absolute atomic E-state index is 13.7. The van der Waals surface area contributed by atoms with Gasteiger partial charge in [-0.1, -0.05) is 152 Å². The minimum absolute atomic E-state index is 0.589. The second-order valence-electron chi connectivity index (χ2n) is 13.5. The Morgan fingerprint density at radius 3 is 1.02 bits per heavy atom. The summed E-state index contributed by atoms with van der Waals surface area (Å²) in [5.41, 5.74) is 3.44. The second kappa shape index (κ2) is 23.0. The molecule has 5 aromatic carbocycles. The van der Waals surface area contributed by atoms with Crippen LogP contribution in [0.15, 0.2) is 182 Å². The number of rotatable bonds is 16. The highest BCUT2D eigenvalue weighted by Gasteiger charge is 2.54. The van der Waals surface area contributed by atoms with Crippen molar-refractivity contribution in [3.8, 4) is 0 Å². The maximum Gasteiger partial charge on any atom is 0.333 e. The van der Waals surface area contributed by atoms with Crippen LogP contribution in [0.2, 0.25) is 0 Å². The highest BCUT2D eigenvalue weighted by atomic mass is 16.7. The largest absolute Gasteiger partial charge is 0.460 e. The highest BCUT2D eigenvalue weighted by Crippen LogP contribution is 2.31. The fourth-order valence-electron chi connectivity index (χ4n) is 6.04. The Hall–Kier alpha value is -7.89. The number of carbonyl (C=O) groups is 5. The van der Waals surface area contributed by atoms with Crippen LogP contribution in [0, 0.1) is 0 Å². The van der Waals surface area contributed by atoms with Crippen molar-refractivity contribution >= 4 is 60.2 Å². The Balaban J connectivity index is 1.36. The van der Waals surface area contributed by atoms with E-state index in [4.69, 9.17) is 28.4 Å². The summed E-state index contributed by atoms with van der Waals surface area (Å²) < 4.78 is 35.4. The third kappa shape index (κ3) is 14.1. The predicted octanol–water partition coefficient (Wildman–Crippen LogP) is 8.10. The smallest absolute Gasteiger partial charge is 0.333 e. The molecule has 312 valence electrons. The minimum Gasteiger partial charge on any atom is -0.460 e. The zero-order chi connectivity index (χ0) is 43.4. The molecule has 1 heterocycles. The molecule has 0 radical (unpaired) electrons. The lowest BCUT2D eigenvalue weighted by atomic mass is 9.98. The SMILES string of the molecule is O=C(/C=C/c1ccccc1)OC[C@H]1OC(OC(=O)/C=C/c2ccccc2)[C@H](OC(=O)/C=C/c2ccccc2)[C@@H](OC(=O)/C=C/c2ccccc2)[C@H]1OC(=O)/C=C/c1ccccc1. The molecule has 5 aromatic rings. The first-order chi connectivity index (χ1) is 30.3. The first-order valence-corrected chi connectivity index (χ1v) is 19.6. The van der Waals surface area contributed by atoms with Gasteiger partial charge in [0.1, 0.15) is 12.7 Å². The molecule has 1 fully saturated rings. The number of benzene rings is 5. The van der Waals surface area contributed by atoms with Crippen molar-refractivity contribution in [1.29, 1.82) is 0 Å². The van der Waals surface area contributed by atoms with E-state index in [-0.39, 0.29) is 0 Å². The zero-order valence-electron chi connectivity index (χ0n) is 33.3. The van der Waals surface area contributed by atoms with Crippen LogP contribution in [-0.2, 0) is 52.4 Å². The average molecular weight is 831 g/mol. The molecule has 11 heteroatoms. The summed E-state index contributed by atoms with van der Waals surface area (Å²) in [6, 6.07) is 44.7. The van der Waals surface area contributed by atoms with Crippen LogP contribution in [0.4, 0.5) is 0 Å². The molecule has 0 spiro atoms. The van der Waals surface area contributed by atoms with E-state index in [1.165, 1.54) is 30.4 Å². The normalized spacial score (nSPS) is 18.8. The topological polar surface area (TPSA) is 141 Å². The van der Waals surface area contributed by atoms with Crippen LogP contribution in [0.25, 0.3) is 30.4 Å². The molecule has 0 aliphatic carbocycles. The van der Waals surface area contributed by atoms with Crippen LogP contribution >= 0.6 is 0 Å². The highest BCUT2D eigenvalue weighted by molar-refractivity contribution is 5.90. The van der Waals surface area contributed by atoms with E-state index in [0.29, 0.717) is 22.3 Å². The van der Waals surface area contributed by atoms with E-state index in [1.807, 2.05) is 30.3 Å². The summed E-state index contributed by atoms with van der Waals surface area (Å²) in [5.74, 6) is -4.48. The maximum atomic E-state index is 13.7. The lowest BCUT2D eigenvalue weighted by Gasteiger charge is -2.43. The molecule has 0 amide bonds. The van der Waals surface area contributed by atoms with Gasteiger partial charge in [-0.05, 0) is 58.2 Å². The molecule has 0 aromatic heterocycles. The molecule has 1 aliphatic heterocycles. The van der Waals surface area contributed by atoms with Gasteiger partial charge < -0.3 is 28.4 Å². The number of ether oxygens (including phenoxy) is 6. The molecule has 1 unspecified atom stereocenters. The van der Waals surface area contributed by atoms with Crippen molar-refractivity contribution in [3.05, 3.63) is 210 Å². The first kappa shape index (κ1) is 43.7. The zero-order valence-corrected chi connectivity index (χ0v) is 33.3. The van der Waals surface area contributed by atoms with Crippen molar-refractivity contribution in [1.82, 2.24) is 0 Å². The lowest BCUT2D eigenvalue weighted by Crippen LogP contribution is -2.63. The molecule has 11 nitrogen and oxygen atoms in total. The monoisotopic (exact) mass is 830 g/mol. The molecule has 62 heavy (non-hydrogen) atoms. The molecular weight excluding hydrogens is 789 g/mol. The number of hydrogen-bond donors (Lipinski definition) is 0. The number of carbonyl (C=O) groups excluding carboxylic acids is 5. The Kier molecular flexibility index (Phi) is 16.2. The van der Waals surface area contributed by atoms with Crippen molar-refractivity contribution in [2.24, 2.45) is 0 Å². The number of esters is 5. The van der Waals surface area contributed by atoms with Gasteiger partial charge in [-0.15, -0.1) is 0 Å². The summed E-state index contributed by atoms with van der Waals surface area (Å²) in [4.78, 5) is 67.3. The van der Waals surface area contributed by atoms with Crippen molar-refractivity contribution in [3.63, 3.8) is 0 Å². The minimum atomic E-state index is -1.79. The lowest BCUT2D eigenvalue weighted by molar-refractivity contribution is -0.298. The Morgan fingerprint density at radius 1 is 0.371 bits per heavy atom. The van der Waals surface area contributed by atoms with E-state index in [1.54, 1.807) is 127 Å².